The summed E-state index contributed by atoms with van der Waals surface area (Å²) in [5.41, 5.74) is 1.45. The summed E-state index contributed by atoms with van der Waals surface area (Å²) in [6, 6.07) is 5.42. The zero-order valence-corrected chi connectivity index (χ0v) is 11.1. The van der Waals surface area contributed by atoms with Gasteiger partial charge < -0.3 is 14.8 Å². The van der Waals surface area contributed by atoms with Crippen molar-refractivity contribution in [2.24, 2.45) is 9.98 Å². The second-order valence-corrected chi connectivity index (χ2v) is 4.30. The van der Waals surface area contributed by atoms with Gasteiger partial charge in [0.25, 0.3) is 0 Å². The van der Waals surface area contributed by atoms with Crippen LogP contribution < -0.4 is 14.8 Å². The van der Waals surface area contributed by atoms with Gasteiger partial charge >= 0.3 is 0 Å². The summed E-state index contributed by atoms with van der Waals surface area (Å²) in [4.78, 5) is 20.1. The van der Waals surface area contributed by atoms with Gasteiger partial charge in [0, 0.05) is 12.5 Å². The largest absolute Gasteiger partial charge is 0.497 e. The van der Waals surface area contributed by atoms with E-state index < -0.39 is 0 Å². The molecular weight excluding hydrogens is 258 g/mol. The molecule has 1 amide bonds. The minimum absolute atomic E-state index is 0.0781. The summed E-state index contributed by atoms with van der Waals surface area (Å²) in [5.74, 6) is 2.26. The highest BCUT2D eigenvalue weighted by molar-refractivity contribution is 6.22. The number of carbonyl (C=O) groups excluding carboxylic acids is 1. The Morgan fingerprint density at radius 3 is 2.80 bits per heavy atom. The van der Waals surface area contributed by atoms with Gasteiger partial charge in [-0.05, 0) is 18.2 Å². The smallest absolute Gasteiger partial charge is 0.229 e. The molecule has 0 spiro atoms. The first-order chi connectivity index (χ1) is 9.71. The molecule has 1 aromatic carbocycles. The second-order valence-electron chi connectivity index (χ2n) is 4.30. The Labute approximate surface area is 115 Å². The fourth-order valence-corrected chi connectivity index (χ4v) is 2.07. The van der Waals surface area contributed by atoms with E-state index in [9.17, 15) is 4.79 Å². The number of nitrogens with zero attached hydrogens (tertiary/aromatic N) is 2. The molecule has 1 N–H and O–H groups in total. The normalized spacial score (nSPS) is 16.7. The van der Waals surface area contributed by atoms with Gasteiger partial charge in [-0.25, -0.2) is 9.98 Å². The van der Waals surface area contributed by atoms with E-state index in [1.165, 1.54) is 0 Å². The number of nitrogens with one attached hydrogen (secondary N) is 1. The Hall–Kier alpha value is -2.63. The van der Waals surface area contributed by atoms with Crippen molar-refractivity contribution in [3.63, 3.8) is 0 Å². The van der Waals surface area contributed by atoms with Gasteiger partial charge in [0.1, 0.15) is 17.2 Å². The van der Waals surface area contributed by atoms with Gasteiger partial charge in [-0.2, -0.15) is 0 Å². The van der Waals surface area contributed by atoms with Gasteiger partial charge in [0.05, 0.1) is 19.8 Å². The minimum atomic E-state index is -0.0781. The Bertz CT molecular complexity index is 674. The van der Waals surface area contributed by atoms with Gasteiger partial charge in [-0.15, -0.1) is 0 Å². The highest BCUT2D eigenvalue weighted by Crippen LogP contribution is 2.28. The predicted molar refractivity (Wildman–Crippen MR) is 74.4 cm³/mol. The molecule has 6 nitrogen and oxygen atoms in total. The van der Waals surface area contributed by atoms with Crippen molar-refractivity contribution < 1.29 is 14.3 Å². The SMILES string of the molecule is COc1ccc(C2=NC3=CCC(=O)NC3=N2)c(OC)c1. The number of benzene rings is 1. The summed E-state index contributed by atoms with van der Waals surface area (Å²) in [5, 5.41) is 2.70. The summed E-state index contributed by atoms with van der Waals surface area (Å²) in [7, 11) is 3.17. The van der Waals surface area contributed by atoms with Gasteiger partial charge in [0.2, 0.25) is 5.91 Å². The summed E-state index contributed by atoms with van der Waals surface area (Å²) < 4.78 is 10.5. The van der Waals surface area contributed by atoms with E-state index in [0.717, 1.165) is 5.56 Å². The number of carbonyl (C=O) groups is 1. The van der Waals surface area contributed by atoms with E-state index in [1.807, 2.05) is 12.1 Å². The molecule has 0 bridgehead atoms. The Morgan fingerprint density at radius 2 is 2.05 bits per heavy atom. The molecule has 0 saturated carbocycles. The fourth-order valence-electron chi connectivity index (χ4n) is 2.07. The Morgan fingerprint density at radius 1 is 1.20 bits per heavy atom. The first-order valence-corrected chi connectivity index (χ1v) is 6.11. The van der Waals surface area contributed by atoms with Crippen molar-refractivity contribution in [3.8, 4) is 11.5 Å². The number of rotatable bonds is 3. The fraction of sp³-hybridized carbons (Fsp3) is 0.214. The van der Waals surface area contributed by atoms with Crippen molar-refractivity contribution in [3.05, 3.63) is 35.5 Å². The number of methoxy groups -OCH3 is 2. The number of ether oxygens (including phenoxy) is 2. The number of amides is 1. The van der Waals surface area contributed by atoms with Crippen LogP contribution in [0.15, 0.2) is 40.0 Å². The molecule has 6 heteroatoms. The number of aliphatic imine (C=N–C) groups is 2. The van der Waals surface area contributed by atoms with Crippen molar-refractivity contribution in [1.82, 2.24) is 5.32 Å². The van der Waals surface area contributed by atoms with E-state index in [4.69, 9.17) is 9.47 Å². The molecule has 0 aliphatic carbocycles. The first kappa shape index (κ1) is 12.4. The summed E-state index contributed by atoms with van der Waals surface area (Å²) in [6.45, 7) is 0. The van der Waals surface area contributed by atoms with Crippen molar-refractivity contribution in [2.75, 3.05) is 14.2 Å². The molecule has 102 valence electrons. The average Bonchev–Trinajstić information content (AvgIpc) is 2.89. The zero-order chi connectivity index (χ0) is 14.1. The van der Waals surface area contributed by atoms with Crippen LogP contribution in [0.3, 0.4) is 0 Å². The molecule has 0 radical (unpaired) electrons. The maximum Gasteiger partial charge on any atom is 0.229 e. The Kier molecular flexibility index (Phi) is 2.98. The molecule has 2 aliphatic heterocycles. The second kappa shape index (κ2) is 4.80. The third-order valence-corrected chi connectivity index (χ3v) is 3.07. The highest BCUT2D eigenvalue weighted by Gasteiger charge is 2.24. The maximum atomic E-state index is 11.3. The lowest BCUT2D eigenvalue weighted by Gasteiger charge is -2.08. The van der Waals surface area contributed by atoms with Gasteiger partial charge in [0.15, 0.2) is 11.7 Å². The van der Waals surface area contributed by atoms with E-state index in [0.29, 0.717) is 35.3 Å². The van der Waals surface area contributed by atoms with Crippen LogP contribution in [0.2, 0.25) is 0 Å². The van der Waals surface area contributed by atoms with E-state index in [1.54, 1.807) is 26.4 Å². The predicted octanol–water partition coefficient (Wildman–Crippen LogP) is 1.27. The molecule has 0 unspecified atom stereocenters. The Balaban J connectivity index is 2.01. The van der Waals surface area contributed by atoms with Crippen LogP contribution in [0.5, 0.6) is 11.5 Å². The van der Waals surface area contributed by atoms with Crippen LogP contribution in [-0.4, -0.2) is 31.8 Å². The van der Waals surface area contributed by atoms with Gasteiger partial charge in [-0.3, -0.25) is 4.79 Å². The van der Waals surface area contributed by atoms with Crippen LogP contribution in [0.1, 0.15) is 12.0 Å². The lowest BCUT2D eigenvalue weighted by Crippen LogP contribution is -2.33. The summed E-state index contributed by atoms with van der Waals surface area (Å²) >= 11 is 0. The van der Waals surface area contributed by atoms with Crippen LogP contribution in [-0.2, 0) is 4.79 Å². The number of hydrogen-bond donors (Lipinski definition) is 1. The first-order valence-electron chi connectivity index (χ1n) is 6.11. The van der Waals surface area contributed by atoms with E-state index in [-0.39, 0.29) is 5.91 Å². The molecule has 3 rings (SSSR count). The third kappa shape index (κ3) is 2.05. The van der Waals surface area contributed by atoms with Gasteiger partial charge in [-0.1, -0.05) is 0 Å². The monoisotopic (exact) mass is 271 g/mol. The number of fused-ring (bicyclic) bond motifs is 1. The van der Waals surface area contributed by atoms with E-state index >= 15 is 0 Å². The van der Waals surface area contributed by atoms with E-state index in [2.05, 4.69) is 15.3 Å². The third-order valence-electron chi connectivity index (χ3n) is 3.07. The molecule has 0 fully saturated rings. The molecule has 2 heterocycles. The van der Waals surface area contributed by atoms with Crippen LogP contribution in [0.4, 0.5) is 0 Å². The minimum Gasteiger partial charge on any atom is -0.497 e. The van der Waals surface area contributed by atoms with Crippen molar-refractivity contribution in [2.45, 2.75) is 6.42 Å². The molecular formula is C14H13N3O3. The lowest BCUT2D eigenvalue weighted by molar-refractivity contribution is -0.119. The standard InChI is InChI=1S/C14H13N3O3/c1-19-8-3-4-9(11(7-8)20-2)13-15-10-5-6-12(18)16-14(10)17-13/h3-5,7H,6H2,1-2H3,(H,15,16,17,18). The van der Waals surface area contributed by atoms with Crippen LogP contribution in [0.25, 0.3) is 0 Å². The molecule has 1 aromatic rings. The van der Waals surface area contributed by atoms with Crippen LogP contribution >= 0.6 is 0 Å². The number of hydrogen-bond acceptors (Lipinski definition) is 5. The zero-order valence-electron chi connectivity index (χ0n) is 11.1. The van der Waals surface area contributed by atoms with Crippen molar-refractivity contribution in [1.29, 1.82) is 0 Å². The van der Waals surface area contributed by atoms with Crippen LogP contribution in [0, 0.1) is 0 Å². The topological polar surface area (TPSA) is 72.3 Å². The molecule has 20 heavy (non-hydrogen) atoms. The number of amidine groups is 2. The summed E-state index contributed by atoms with van der Waals surface area (Å²) in [6.07, 6.45) is 2.09. The molecule has 2 aliphatic rings. The average molecular weight is 271 g/mol. The molecule has 0 atom stereocenters. The lowest BCUT2D eigenvalue weighted by atomic mass is 10.1. The molecule has 0 aromatic heterocycles. The highest BCUT2D eigenvalue weighted by atomic mass is 16.5. The molecule has 0 saturated heterocycles. The van der Waals surface area contributed by atoms with Crippen molar-refractivity contribution >= 4 is 17.6 Å². The quantitative estimate of drug-likeness (QED) is 0.899. The maximum absolute atomic E-state index is 11.3.